The molecule has 2 heterocycles. The molecule has 1 aliphatic rings. The van der Waals surface area contributed by atoms with E-state index in [0.29, 0.717) is 18.8 Å². The van der Waals surface area contributed by atoms with E-state index >= 15 is 0 Å². The molecular formula is C30H56N4O7. The van der Waals surface area contributed by atoms with Crippen LogP contribution < -0.4 is 16.0 Å². The molecule has 0 aromatic carbocycles. The van der Waals surface area contributed by atoms with E-state index in [0.717, 1.165) is 0 Å². The zero-order valence-electron chi connectivity index (χ0n) is 27.8. The maximum absolute atomic E-state index is 13.3. The first kappa shape index (κ1) is 40.3. The van der Waals surface area contributed by atoms with Crippen molar-refractivity contribution < 1.29 is 33.2 Å². The number of epoxide rings is 1. The highest BCUT2D eigenvalue weighted by Crippen LogP contribution is 2.30. The van der Waals surface area contributed by atoms with Gasteiger partial charge >= 0.3 is 0 Å². The first-order valence-corrected chi connectivity index (χ1v) is 14.7. The summed E-state index contributed by atoms with van der Waals surface area (Å²) >= 11 is 0. The van der Waals surface area contributed by atoms with Crippen molar-refractivity contribution >= 4 is 23.5 Å². The first-order chi connectivity index (χ1) is 19.2. The molecule has 0 spiro atoms. The van der Waals surface area contributed by atoms with Gasteiger partial charge in [-0.05, 0) is 31.6 Å². The molecular weight excluding hydrogens is 528 g/mol. The molecule has 1 fully saturated rings. The van der Waals surface area contributed by atoms with Gasteiger partial charge in [0.25, 0.3) is 5.91 Å². The number of rotatable bonds is 12. The highest BCUT2D eigenvalue weighted by atomic mass is 16.6. The molecule has 0 radical (unpaired) electrons. The summed E-state index contributed by atoms with van der Waals surface area (Å²) in [7, 11) is 1.39. The van der Waals surface area contributed by atoms with Gasteiger partial charge in [0.05, 0.1) is 19.3 Å². The van der Waals surface area contributed by atoms with Crippen molar-refractivity contribution in [3.63, 3.8) is 0 Å². The van der Waals surface area contributed by atoms with Crippen LogP contribution in [0, 0.1) is 18.3 Å². The maximum atomic E-state index is 13.3. The molecule has 2 rings (SSSR count). The highest BCUT2D eigenvalue weighted by molar-refractivity contribution is 5.99. The van der Waals surface area contributed by atoms with Gasteiger partial charge in [0, 0.05) is 13.2 Å². The van der Waals surface area contributed by atoms with Crippen LogP contribution in [0.4, 0.5) is 0 Å². The number of amides is 3. The maximum Gasteiger partial charge on any atom is 0.274 e. The quantitative estimate of drug-likeness (QED) is 0.309. The lowest BCUT2D eigenvalue weighted by atomic mass is 9.85. The van der Waals surface area contributed by atoms with Crippen molar-refractivity contribution in [1.82, 2.24) is 21.1 Å². The second-order valence-electron chi connectivity index (χ2n) is 10.7. The fourth-order valence-electron chi connectivity index (χ4n) is 3.55. The average molecular weight is 585 g/mol. The third-order valence-corrected chi connectivity index (χ3v) is 5.67. The SMILES string of the molecule is CC.CC.CC.COC[C@H](NC(=O)c1cc(C)on1)C(=O)N[C@H](C(=O)N[C@@H](CC(C)C)C(=O)C1(C)CO1)C(C)(C)C. The number of carbonyl (C=O) groups excluding carboxylic acids is 4. The van der Waals surface area contributed by atoms with Gasteiger partial charge in [-0.25, -0.2) is 0 Å². The summed E-state index contributed by atoms with van der Waals surface area (Å²) < 4.78 is 15.3. The molecule has 11 nitrogen and oxygen atoms in total. The Morgan fingerprint density at radius 3 is 1.90 bits per heavy atom. The summed E-state index contributed by atoms with van der Waals surface area (Å²) in [6.07, 6.45) is 0.438. The number of aryl methyl sites for hydroxylation is 1. The van der Waals surface area contributed by atoms with Gasteiger partial charge in [-0.1, -0.05) is 81.3 Å². The molecule has 11 heteroatoms. The summed E-state index contributed by atoms with van der Waals surface area (Å²) in [6.45, 7) is 24.8. The molecule has 1 aromatic heterocycles. The standard InChI is InChI=1S/C24H38N4O7.3C2H6/c1-13(2)9-15(19(29)24(7)12-34-24)25-22(32)18(23(4,5)6)27-21(31)17(11-33-8)26-20(30)16-10-14(3)35-28-16;3*1-2/h10,13,15,17-18H,9,11-12H2,1-8H3,(H,25,32)(H,26,30)(H,27,31);3*1-2H3/t15-,17-,18+,24?;;;/m0.../s1. The van der Waals surface area contributed by atoms with Crippen LogP contribution in [-0.2, 0) is 23.9 Å². The number of hydrogen-bond acceptors (Lipinski definition) is 8. The molecule has 0 bridgehead atoms. The molecule has 1 unspecified atom stereocenters. The van der Waals surface area contributed by atoms with Crippen molar-refractivity contribution in [2.45, 2.75) is 120 Å². The Kier molecular flexibility index (Phi) is 19.0. The molecule has 3 amide bonds. The zero-order valence-corrected chi connectivity index (χ0v) is 27.8. The van der Waals surface area contributed by atoms with Crippen molar-refractivity contribution in [2.24, 2.45) is 11.3 Å². The third-order valence-electron chi connectivity index (χ3n) is 5.67. The predicted octanol–water partition coefficient (Wildman–Crippen LogP) is 4.23. The normalized spacial score (nSPS) is 17.5. The van der Waals surface area contributed by atoms with E-state index in [4.69, 9.17) is 14.0 Å². The monoisotopic (exact) mass is 584 g/mol. The molecule has 1 saturated heterocycles. The number of ether oxygens (including phenoxy) is 2. The van der Waals surface area contributed by atoms with E-state index in [-0.39, 0.29) is 24.0 Å². The van der Waals surface area contributed by atoms with Crippen LogP contribution in [0.1, 0.15) is 106 Å². The predicted molar refractivity (Wildman–Crippen MR) is 161 cm³/mol. The Morgan fingerprint density at radius 1 is 0.976 bits per heavy atom. The molecule has 41 heavy (non-hydrogen) atoms. The molecule has 1 aliphatic heterocycles. The van der Waals surface area contributed by atoms with Crippen LogP contribution in [0.15, 0.2) is 10.6 Å². The average Bonchev–Trinajstić information content (AvgIpc) is 3.53. The van der Waals surface area contributed by atoms with E-state index in [1.807, 2.05) is 55.4 Å². The molecule has 0 saturated carbocycles. The minimum Gasteiger partial charge on any atom is -0.382 e. The number of Topliss-reactive ketones (excluding diaryl/α,β-unsaturated/α-hetero) is 1. The van der Waals surface area contributed by atoms with Gasteiger partial charge in [0.2, 0.25) is 11.8 Å². The van der Waals surface area contributed by atoms with E-state index < -0.39 is 46.9 Å². The van der Waals surface area contributed by atoms with Gasteiger partial charge in [0.1, 0.15) is 23.4 Å². The summed E-state index contributed by atoms with van der Waals surface area (Å²) in [5.74, 6) is -1.32. The van der Waals surface area contributed by atoms with Gasteiger partial charge in [-0.2, -0.15) is 0 Å². The fraction of sp³-hybridized carbons (Fsp3) is 0.767. The van der Waals surface area contributed by atoms with Crippen LogP contribution in [-0.4, -0.2) is 72.7 Å². The third kappa shape index (κ3) is 13.6. The summed E-state index contributed by atoms with van der Waals surface area (Å²) in [5.41, 5.74) is -1.57. The van der Waals surface area contributed by atoms with Crippen LogP contribution in [0.3, 0.4) is 0 Å². The number of nitrogens with one attached hydrogen (secondary N) is 3. The Balaban J connectivity index is 0. The summed E-state index contributed by atoms with van der Waals surface area (Å²) in [6, 6.07) is -1.38. The molecule has 1 aromatic rings. The lowest BCUT2D eigenvalue weighted by Crippen LogP contribution is -2.61. The molecule has 0 aliphatic carbocycles. The minimum absolute atomic E-state index is 0.0207. The van der Waals surface area contributed by atoms with E-state index in [9.17, 15) is 19.2 Å². The van der Waals surface area contributed by atoms with E-state index in [1.54, 1.807) is 34.6 Å². The summed E-state index contributed by atoms with van der Waals surface area (Å²) in [4.78, 5) is 51.9. The van der Waals surface area contributed by atoms with Crippen molar-refractivity contribution in [3.05, 3.63) is 17.5 Å². The van der Waals surface area contributed by atoms with Crippen LogP contribution in [0.25, 0.3) is 0 Å². The molecule has 4 atom stereocenters. The summed E-state index contributed by atoms with van der Waals surface area (Å²) in [5, 5.41) is 11.8. The van der Waals surface area contributed by atoms with Crippen molar-refractivity contribution in [1.29, 1.82) is 0 Å². The van der Waals surface area contributed by atoms with Crippen LogP contribution in [0.5, 0.6) is 0 Å². The van der Waals surface area contributed by atoms with E-state index in [1.165, 1.54) is 13.2 Å². The van der Waals surface area contributed by atoms with E-state index in [2.05, 4.69) is 21.1 Å². The van der Waals surface area contributed by atoms with Gasteiger partial charge in [-0.15, -0.1) is 0 Å². The van der Waals surface area contributed by atoms with Crippen LogP contribution in [0.2, 0.25) is 0 Å². The Hall–Kier alpha value is -2.79. The number of methoxy groups -OCH3 is 1. The first-order valence-electron chi connectivity index (χ1n) is 14.7. The van der Waals surface area contributed by atoms with Gasteiger partial charge in [0.15, 0.2) is 11.5 Å². The topological polar surface area (TPSA) is 152 Å². The number of ketones is 1. The van der Waals surface area contributed by atoms with Crippen LogP contribution >= 0.6 is 0 Å². The van der Waals surface area contributed by atoms with Gasteiger partial charge in [-0.3, -0.25) is 19.2 Å². The number of nitrogens with zero attached hydrogens (tertiary/aromatic N) is 1. The Labute approximate surface area is 247 Å². The highest BCUT2D eigenvalue weighted by Gasteiger charge is 2.50. The minimum atomic E-state index is -1.09. The molecule has 238 valence electrons. The number of hydrogen-bond donors (Lipinski definition) is 3. The lowest BCUT2D eigenvalue weighted by Gasteiger charge is -2.33. The molecule has 3 N–H and O–H groups in total. The number of aromatic nitrogens is 1. The lowest BCUT2D eigenvalue weighted by molar-refractivity contribution is -0.136. The Bertz CT molecular complexity index is 934. The fourth-order valence-corrected chi connectivity index (χ4v) is 3.55. The Morgan fingerprint density at radius 2 is 1.51 bits per heavy atom. The van der Waals surface area contributed by atoms with Crippen molar-refractivity contribution in [3.8, 4) is 0 Å². The zero-order chi connectivity index (χ0) is 32.6. The smallest absolute Gasteiger partial charge is 0.274 e. The largest absolute Gasteiger partial charge is 0.382 e. The van der Waals surface area contributed by atoms with Gasteiger partial charge < -0.3 is 29.9 Å². The van der Waals surface area contributed by atoms with Crippen molar-refractivity contribution in [2.75, 3.05) is 20.3 Å². The second kappa shape index (κ2) is 19.4. The second-order valence-corrected chi connectivity index (χ2v) is 10.7. The number of carbonyl (C=O) groups is 4.